The second-order valence-electron chi connectivity index (χ2n) is 5.30. The molecule has 0 saturated carbocycles. The standard InChI is InChI=1S/C19H14F3NO4/c20-19(21,22)15-9-6-13(7-10-15)8-11-17(25)27-12-16(24)23-18(26)14-4-2-1-3-5-14/h1-11H,12H2,(H,23,24,26)/b11-8+. The maximum absolute atomic E-state index is 12.5. The van der Waals surface area contributed by atoms with Crippen molar-refractivity contribution in [2.24, 2.45) is 0 Å². The molecule has 0 unspecified atom stereocenters. The molecule has 2 aromatic rings. The summed E-state index contributed by atoms with van der Waals surface area (Å²) in [4.78, 5) is 34.9. The molecule has 0 aliphatic carbocycles. The first kappa shape index (κ1) is 19.9. The van der Waals surface area contributed by atoms with Gasteiger partial charge in [-0.2, -0.15) is 13.2 Å². The average molecular weight is 377 g/mol. The Morgan fingerprint density at radius 3 is 2.19 bits per heavy atom. The fourth-order valence-corrected chi connectivity index (χ4v) is 1.96. The van der Waals surface area contributed by atoms with Crippen LogP contribution in [0.2, 0.25) is 0 Å². The Bertz CT molecular complexity index is 844. The summed E-state index contributed by atoms with van der Waals surface area (Å²) in [6, 6.07) is 12.2. The summed E-state index contributed by atoms with van der Waals surface area (Å²) in [7, 11) is 0. The molecule has 0 spiro atoms. The van der Waals surface area contributed by atoms with E-state index in [0.717, 1.165) is 18.2 Å². The molecule has 1 N–H and O–H groups in total. The molecule has 2 rings (SSSR count). The molecule has 0 aromatic heterocycles. The highest BCUT2D eigenvalue weighted by Gasteiger charge is 2.29. The van der Waals surface area contributed by atoms with Gasteiger partial charge >= 0.3 is 12.1 Å². The Labute approximate surface area is 152 Å². The van der Waals surface area contributed by atoms with Gasteiger partial charge in [-0.15, -0.1) is 0 Å². The Kier molecular flexibility index (Phi) is 6.48. The second kappa shape index (κ2) is 8.79. The zero-order valence-electron chi connectivity index (χ0n) is 13.8. The lowest BCUT2D eigenvalue weighted by Gasteiger charge is -2.06. The summed E-state index contributed by atoms with van der Waals surface area (Å²) in [5, 5.41) is 2.06. The zero-order valence-corrected chi connectivity index (χ0v) is 13.8. The molecule has 0 atom stereocenters. The Morgan fingerprint density at radius 1 is 0.963 bits per heavy atom. The molecule has 0 fully saturated rings. The molecule has 140 valence electrons. The van der Waals surface area contributed by atoms with Crippen LogP contribution in [0.25, 0.3) is 6.08 Å². The number of rotatable bonds is 5. The van der Waals surface area contributed by atoms with E-state index in [2.05, 4.69) is 10.1 Å². The van der Waals surface area contributed by atoms with Crippen LogP contribution in [0.5, 0.6) is 0 Å². The van der Waals surface area contributed by atoms with Gasteiger partial charge < -0.3 is 4.74 Å². The normalized spacial score (nSPS) is 11.2. The van der Waals surface area contributed by atoms with E-state index in [9.17, 15) is 27.6 Å². The number of esters is 1. The average Bonchev–Trinajstić information content (AvgIpc) is 2.65. The molecular weight excluding hydrogens is 363 g/mol. The summed E-state index contributed by atoms with van der Waals surface area (Å²) in [5.74, 6) is -2.31. The highest BCUT2D eigenvalue weighted by molar-refractivity contribution is 6.05. The van der Waals surface area contributed by atoms with Crippen molar-refractivity contribution in [1.82, 2.24) is 5.32 Å². The van der Waals surface area contributed by atoms with E-state index in [-0.39, 0.29) is 5.56 Å². The van der Waals surface area contributed by atoms with Gasteiger partial charge in [0.1, 0.15) is 0 Å². The molecule has 0 aliphatic rings. The number of hydrogen-bond donors (Lipinski definition) is 1. The maximum atomic E-state index is 12.5. The minimum absolute atomic E-state index is 0.277. The number of nitrogens with one attached hydrogen (secondary N) is 1. The van der Waals surface area contributed by atoms with Crippen LogP contribution in [-0.4, -0.2) is 24.4 Å². The van der Waals surface area contributed by atoms with Crippen LogP contribution in [0.4, 0.5) is 13.2 Å². The zero-order chi connectivity index (χ0) is 19.9. The lowest BCUT2D eigenvalue weighted by atomic mass is 10.1. The van der Waals surface area contributed by atoms with Crippen LogP contribution in [0.15, 0.2) is 60.7 Å². The van der Waals surface area contributed by atoms with Gasteiger partial charge in [-0.05, 0) is 35.9 Å². The predicted octanol–water partition coefficient (Wildman–Crippen LogP) is 3.22. The van der Waals surface area contributed by atoms with E-state index in [0.29, 0.717) is 5.56 Å². The van der Waals surface area contributed by atoms with Crippen LogP contribution in [0.1, 0.15) is 21.5 Å². The lowest BCUT2D eigenvalue weighted by molar-refractivity contribution is -0.143. The molecular formula is C19H14F3NO4. The fourth-order valence-electron chi connectivity index (χ4n) is 1.96. The van der Waals surface area contributed by atoms with E-state index in [1.807, 2.05) is 0 Å². The molecule has 5 nitrogen and oxygen atoms in total. The number of ether oxygens (including phenoxy) is 1. The molecule has 0 radical (unpaired) electrons. The fraction of sp³-hybridized carbons (Fsp3) is 0.105. The molecule has 2 amide bonds. The third-order valence-electron chi connectivity index (χ3n) is 3.28. The summed E-state index contributed by atoms with van der Waals surface area (Å²) in [6.07, 6.45) is -2.23. The van der Waals surface area contributed by atoms with Crippen molar-refractivity contribution in [3.63, 3.8) is 0 Å². The lowest BCUT2D eigenvalue weighted by Crippen LogP contribution is -2.33. The van der Waals surface area contributed by atoms with Gasteiger partial charge in [0.2, 0.25) is 0 Å². The molecule has 0 heterocycles. The van der Waals surface area contributed by atoms with Gasteiger partial charge in [0.25, 0.3) is 11.8 Å². The van der Waals surface area contributed by atoms with Gasteiger partial charge in [-0.25, -0.2) is 4.79 Å². The largest absolute Gasteiger partial charge is 0.452 e. The minimum Gasteiger partial charge on any atom is -0.452 e. The maximum Gasteiger partial charge on any atom is 0.416 e. The van der Waals surface area contributed by atoms with Crippen LogP contribution in [-0.2, 0) is 20.5 Å². The van der Waals surface area contributed by atoms with Gasteiger partial charge in [0.05, 0.1) is 5.56 Å². The molecule has 8 heteroatoms. The Balaban J connectivity index is 1.81. The number of hydrogen-bond acceptors (Lipinski definition) is 4. The van der Waals surface area contributed by atoms with Crippen LogP contribution in [0.3, 0.4) is 0 Å². The van der Waals surface area contributed by atoms with E-state index in [1.54, 1.807) is 18.2 Å². The van der Waals surface area contributed by atoms with Crippen molar-refractivity contribution < 1.29 is 32.3 Å². The summed E-state index contributed by atoms with van der Waals surface area (Å²) in [5.41, 5.74) is -0.176. The van der Waals surface area contributed by atoms with Crippen LogP contribution >= 0.6 is 0 Å². The number of benzene rings is 2. The van der Waals surface area contributed by atoms with Crippen molar-refractivity contribution in [1.29, 1.82) is 0 Å². The summed E-state index contributed by atoms with van der Waals surface area (Å²) >= 11 is 0. The predicted molar refractivity (Wildman–Crippen MR) is 90.4 cm³/mol. The van der Waals surface area contributed by atoms with E-state index in [1.165, 1.54) is 30.3 Å². The highest BCUT2D eigenvalue weighted by atomic mass is 19.4. The molecule has 0 bridgehead atoms. The quantitative estimate of drug-likeness (QED) is 0.642. The molecule has 2 aromatic carbocycles. The first-order valence-corrected chi connectivity index (χ1v) is 7.67. The third-order valence-corrected chi connectivity index (χ3v) is 3.28. The summed E-state index contributed by atoms with van der Waals surface area (Å²) < 4.78 is 42.0. The van der Waals surface area contributed by atoms with Crippen LogP contribution in [0, 0.1) is 0 Å². The highest BCUT2D eigenvalue weighted by Crippen LogP contribution is 2.29. The second-order valence-corrected chi connectivity index (χ2v) is 5.30. The van der Waals surface area contributed by atoms with Crippen LogP contribution < -0.4 is 5.32 Å². The first-order valence-electron chi connectivity index (χ1n) is 7.67. The topological polar surface area (TPSA) is 72.5 Å². The van der Waals surface area contributed by atoms with Crippen molar-refractivity contribution in [2.45, 2.75) is 6.18 Å². The van der Waals surface area contributed by atoms with Gasteiger partial charge in [0, 0.05) is 11.6 Å². The number of imide groups is 1. The van der Waals surface area contributed by atoms with Crippen molar-refractivity contribution in [3.05, 3.63) is 77.4 Å². The van der Waals surface area contributed by atoms with E-state index in [4.69, 9.17) is 0 Å². The molecule has 0 saturated heterocycles. The monoisotopic (exact) mass is 377 g/mol. The van der Waals surface area contributed by atoms with Gasteiger partial charge in [-0.3, -0.25) is 14.9 Å². The number of amides is 2. The number of alkyl halides is 3. The Hall–Kier alpha value is -3.42. The third kappa shape index (κ3) is 6.43. The van der Waals surface area contributed by atoms with Crippen molar-refractivity contribution in [3.8, 4) is 0 Å². The van der Waals surface area contributed by atoms with Crippen molar-refractivity contribution >= 4 is 23.9 Å². The number of carbonyl (C=O) groups excluding carboxylic acids is 3. The smallest absolute Gasteiger partial charge is 0.416 e. The Morgan fingerprint density at radius 2 is 1.59 bits per heavy atom. The molecule has 27 heavy (non-hydrogen) atoms. The molecule has 0 aliphatic heterocycles. The van der Waals surface area contributed by atoms with E-state index >= 15 is 0 Å². The van der Waals surface area contributed by atoms with E-state index < -0.39 is 36.1 Å². The number of carbonyl (C=O) groups is 3. The first-order chi connectivity index (χ1) is 12.8. The van der Waals surface area contributed by atoms with Gasteiger partial charge in [0.15, 0.2) is 6.61 Å². The summed E-state index contributed by atoms with van der Waals surface area (Å²) in [6.45, 7) is -0.672. The minimum atomic E-state index is -4.44. The van der Waals surface area contributed by atoms with Crippen molar-refractivity contribution in [2.75, 3.05) is 6.61 Å². The van der Waals surface area contributed by atoms with Gasteiger partial charge in [-0.1, -0.05) is 30.3 Å². The SMILES string of the molecule is O=C(COC(=O)/C=C/c1ccc(C(F)(F)F)cc1)NC(=O)c1ccccc1. The number of halogens is 3.